The molecule has 2 saturated heterocycles. The van der Waals surface area contributed by atoms with Crippen molar-refractivity contribution in [3.63, 3.8) is 0 Å². The minimum atomic E-state index is -1.61. The highest BCUT2D eigenvalue weighted by Gasteiger charge is 2.72. The lowest BCUT2D eigenvalue weighted by atomic mass is 9.76. The molecular formula is C21H19NO9. The van der Waals surface area contributed by atoms with Crippen LogP contribution in [0.2, 0.25) is 0 Å². The maximum absolute atomic E-state index is 13.4. The van der Waals surface area contributed by atoms with E-state index in [-0.39, 0.29) is 11.3 Å². The largest absolute Gasteiger partial charge is 0.465 e. The predicted octanol–water partition coefficient (Wildman–Crippen LogP) is 0.738. The minimum Gasteiger partial charge on any atom is -0.465 e. The smallest absolute Gasteiger partial charge is 0.337 e. The molecule has 1 aromatic rings. The number of methoxy groups -OCH3 is 1. The molecule has 0 radical (unpaired) electrons. The molecule has 2 amide bonds. The summed E-state index contributed by atoms with van der Waals surface area (Å²) in [6.07, 6.45) is 0.826. The Morgan fingerprint density at radius 3 is 2.19 bits per heavy atom. The summed E-state index contributed by atoms with van der Waals surface area (Å²) in [6, 6.07) is 5.80. The summed E-state index contributed by atoms with van der Waals surface area (Å²) < 4.78 is 20.9. The van der Waals surface area contributed by atoms with E-state index in [1.165, 1.54) is 37.5 Å². The Kier molecular flexibility index (Phi) is 4.89. The Morgan fingerprint density at radius 1 is 1.03 bits per heavy atom. The van der Waals surface area contributed by atoms with Gasteiger partial charge < -0.3 is 18.9 Å². The van der Waals surface area contributed by atoms with E-state index in [4.69, 9.17) is 14.2 Å². The lowest BCUT2D eigenvalue weighted by molar-refractivity contribution is -0.226. The van der Waals surface area contributed by atoms with Crippen molar-refractivity contribution in [1.29, 1.82) is 0 Å². The van der Waals surface area contributed by atoms with Gasteiger partial charge in [0.1, 0.15) is 0 Å². The number of carbonyl (C=O) groups is 5. The zero-order valence-corrected chi connectivity index (χ0v) is 16.9. The Hall–Kier alpha value is -3.53. The molecule has 0 saturated carbocycles. The first kappa shape index (κ1) is 20.7. The standard InChI is InChI=1S/C21H19NO9/c1-10(23)29-20(30-11(2)24)21-9-8-14(31-21)15-16(21)18(26)22(17(15)25)13-6-4-12(5-7-13)19(27)28-3/h4-9,14-16,20H,1-3H3. The van der Waals surface area contributed by atoms with Gasteiger partial charge in [-0.15, -0.1) is 0 Å². The lowest BCUT2D eigenvalue weighted by Gasteiger charge is -2.34. The van der Waals surface area contributed by atoms with Crippen molar-refractivity contribution < 1.29 is 42.9 Å². The maximum Gasteiger partial charge on any atom is 0.337 e. The van der Waals surface area contributed by atoms with E-state index in [9.17, 15) is 24.0 Å². The van der Waals surface area contributed by atoms with Crippen molar-refractivity contribution in [2.24, 2.45) is 11.8 Å². The molecule has 3 aliphatic heterocycles. The lowest BCUT2D eigenvalue weighted by Crippen LogP contribution is -2.52. The number of imide groups is 1. The number of benzene rings is 1. The quantitative estimate of drug-likeness (QED) is 0.288. The number of rotatable bonds is 5. The molecule has 3 aliphatic rings. The SMILES string of the molecule is COC(=O)c1ccc(N2C(=O)C3C4C=CC(C(OC(C)=O)OC(C)=O)(O4)C3C2=O)cc1. The molecule has 31 heavy (non-hydrogen) atoms. The summed E-state index contributed by atoms with van der Waals surface area (Å²) >= 11 is 0. The minimum absolute atomic E-state index is 0.261. The van der Waals surface area contributed by atoms with Gasteiger partial charge in [0, 0.05) is 13.8 Å². The van der Waals surface area contributed by atoms with Crippen molar-refractivity contribution >= 4 is 35.4 Å². The number of hydrogen-bond donors (Lipinski definition) is 0. The molecule has 0 aromatic heterocycles. The second-order valence-corrected chi connectivity index (χ2v) is 7.40. The average Bonchev–Trinajstić information content (AvgIpc) is 3.37. The van der Waals surface area contributed by atoms with Crippen LogP contribution >= 0.6 is 0 Å². The molecule has 3 heterocycles. The zero-order valence-electron chi connectivity index (χ0n) is 16.9. The first-order chi connectivity index (χ1) is 14.7. The number of fused-ring (bicyclic) bond motifs is 5. The van der Waals surface area contributed by atoms with Crippen molar-refractivity contribution in [3.05, 3.63) is 42.0 Å². The highest BCUT2D eigenvalue weighted by atomic mass is 16.7. The summed E-state index contributed by atoms with van der Waals surface area (Å²) in [5, 5.41) is 0. The topological polar surface area (TPSA) is 126 Å². The summed E-state index contributed by atoms with van der Waals surface area (Å²) in [5.41, 5.74) is -1.08. The maximum atomic E-state index is 13.4. The van der Waals surface area contributed by atoms with Crippen LogP contribution in [0.5, 0.6) is 0 Å². The van der Waals surface area contributed by atoms with E-state index >= 15 is 0 Å². The van der Waals surface area contributed by atoms with Gasteiger partial charge in [-0.1, -0.05) is 6.08 Å². The molecule has 10 nitrogen and oxygen atoms in total. The van der Waals surface area contributed by atoms with Crippen LogP contribution in [0.15, 0.2) is 36.4 Å². The Labute approximate surface area is 176 Å². The second-order valence-electron chi connectivity index (χ2n) is 7.40. The van der Waals surface area contributed by atoms with Crippen LogP contribution in [0.3, 0.4) is 0 Å². The number of esters is 3. The van der Waals surface area contributed by atoms with E-state index < -0.39 is 59.6 Å². The van der Waals surface area contributed by atoms with Crippen molar-refractivity contribution in [3.8, 4) is 0 Å². The fraction of sp³-hybridized carbons (Fsp3) is 0.381. The van der Waals surface area contributed by atoms with Crippen molar-refractivity contribution in [2.75, 3.05) is 12.0 Å². The molecule has 1 aromatic carbocycles. The van der Waals surface area contributed by atoms with Crippen LogP contribution in [0.4, 0.5) is 5.69 Å². The van der Waals surface area contributed by atoms with E-state index in [0.29, 0.717) is 0 Å². The third-order valence-electron chi connectivity index (χ3n) is 5.54. The number of carbonyl (C=O) groups excluding carboxylic acids is 5. The van der Waals surface area contributed by atoms with E-state index in [2.05, 4.69) is 4.74 Å². The predicted molar refractivity (Wildman–Crippen MR) is 101 cm³/mol. The summed E-state index contributed by atoms with van der Waals surface area (Å²) in [5.74, 6) is -5.04. The molecular weight excluding hydrogens is 410 g/mol. The normalized spacial score (nSPS) is 28.1. The molecule has 2 bridgehead atoms. The van der Waals surface area contributed by atoms with Gasteiger partial charge >= 0.3 is 17.9 Å². The molecule has 0 aliphatic carbocycles. The summed E-state index contributed by atoms with van der Waals surface area (Å²) in [4.78, 5) is 62.4. The summed E-state index contributed by atoms with van der Waals surface area (Å²) in [6.45, 7) is 2.26. The Morgan fingerprint density at radius 2 is 1.65 bits per heavy atom. The van der Waals surface area contributed by atoms with Crippen LogP contribution in [-0.4, -0.2) is 54.8 Å². The van der Waals surface area contributed by atoms with Crippen LogP contribution < -0.4 is 4.90 Å². The van der Waals surface area contributed by atoms with Crippen LogP contribution in [0.1, 0.15) is 24.2 Å². The molecule has 2 fully saturated rings. The fourth-order valence-electron chi connectivity index (χ4n) is 4.34. The van der Waals surface area contributed by atoms with Gasteiger partial charge in [-0.25, -0.2) is 9.69 Å². The number of hydrogen-bond acceptors (Lipinski definition) is 9. The molecule has 10 heteroatoms. The molecule has 4 atom stereocenters. The number of anilines is 1. The van der Waals surface area contributed by atoms with Gasteiger partial charge in [-0.2, -0.15) is 0 Å². The number of ether oxygens (including phenoxy) is 4. The van der Waals surface area contributed by atoms with Crippen LogP contribution in [0.25, 0.3) is 0 Å². The summed E-state index contributed by atoms with van der Waals surface area (Å²) in [7, 11) is 1.25. The van der Waals surface area contributed by atoms with Gasteiger partial charge in [0.2, 0.25) is 11.8 Å². The van der Waals surface area contributed by atoms with Crippen LogP contribution in [-0.2, 0) is 38.1 Å². The van der Waals surface area contributed by atoms with Gasteiger partial charge in [0.05, 0.1) is 36.3 Å². The van der Waals surface area contributed by atoms with Crippen molar-refractivity contribution in [1.82, 2.24) is 0 Å². The Bertz CT molecular complexity index is 998. The first-order valence-electron chi connectivity index (χ1n) is 9.47. The van der Waals surface area contributed by atoms with Crippen LogP contribution in [0, 0.1) is 11.8 Å². The third-order valence-corrected chi connectivity index (χ3v) is 5.54. The molecule has 0 spiro atoms. The van der Waals surface area contributed by atoms with Gasteiger partial charge in [-0.3, -0.25) is 19.2 Å². The fourth-order valence-corrected chi connectivity index (χ4v) is 4.34. The van der Waals surface area contributed by atoms with Crippen molar-refractivity contribution in [2.45, 2.75) is 31.8 Å². The van der Waals surface area contributed by atoms with E-state index in [1.54, 1.807) is 6.08 Å². The van der Waals surface area contributed by atoms with E-state index in [0.717, 1.165) is 18.7 Å². The Balaban J connectivity index is 1.69. The molecule has 4 rings (SSSR count). The van der Waals surface area contributed by atoms with E-state index in [1.807, 2.05) is 0 Å². The number of nitrogens with zero attached hydrogens (tertiary/aromatic N) is 1. The first-order valence-corrected chi connectivity index (χ1v) is 9.47. The molecule has 162 valence electrons. The van der Waals surface area contributed by atoms with Gasteiger partial charge in [0.15, 0.2) is 5.60 Å². The average molecular weight is 429 g/mol. The highest BCUT2D eigenvalue weighted by Crippen LogP contribution is 2.54. The zero-order chi connectivity index (χ0) is 22.5. The second kappa shape index (κ2) is 7.31. The molecule has 4 unspecified atom stereocenters. The highest BCUT2D eigenvalue weighted by molar-refractivity contribution is 6.23. The number of amides is 2. The monoisotopic (exact) mass is 429 g/mol. The van der Waals surface area contributed by atoms with Gasteiger partial charge in [-0.05, 0) is 30.3 Å². The van der Waals surface area contributed by atoms with Gasteiger partial charge in [0.25, 0.3) is 6.29 Å². The third kappa shape index (κ3) is 3.10. The molecule has 0 N–H and O–H groups in total.